The van der Waals surface area contributed by atoms with Crippen LogP contribution in [-0.2, 0) is 24.0 Å². The first-order valence-corrected chi connectivity index (χ1v) is 16.1. The topological polar surface area (TPSA) is 193 Å². The van der Waals surface area contributed by atoms with Crippen molar-refractivity contribution in [1.82, 2.24) is 19.5 Å². The van der Waals surface area contributed by atoms with E-state index in [-0.39, 0.29) is 16.3 Å². The summed E-state index contributed by atoms with van der Waals surface area (Å²) in [5.74, 6) is -0.351. The van der Waals surface area contributed by atoms with Crippen LogP contribution in [0.4, 0.5) is 11.5 Å². The van der Waals surface area contributed by atoms with Crippen LogP contribution in [0, 0.1) is 0 Å². The van der Waals surface area contributed by atoms with Crippen LogP contribution in [0.2, 0.25) is 5.28 Å². The van der Waals surface area contributed by atoms with E-state index in [0.717, 1.165) is 18.5 Å². The summed E-state index contributed by atoms with van der Waals surface area (Å²) in [6.07, 6.45) is -1.92. The molecule has 2 saturated heterocycles. The van der Waals surface area contributed by atoms with Crippen molar-refractivity contribution in [3.05, 3.63) is 41.4 Å². The highest BCUT2D eigenvalue weighted by molar-refractivity contribution is 7.67. The molecule has 2 aromatic heterocycles. The van der Waals surface area contributed by atoms with Gasteiger partial charge in [0.25, 0.3) is 0 Å². The Hall–Kier alpha value is -1.80. The van der Waals surface area contributed by atoms with Gasteiger partial charge in [-0.05, 0) is 36.1 Å². The molecule has 40 heavy (non-hydrogen) atoms. The second-order valence-electron chi connectivity index (χ2n) is 10.1. The number of anilines is 2. The van der Waals surface area contributed by atoms with Gasteiger partial charge < -0.3 is 43.8 Å². The van der Waals surface area contributed by atoms with Crippen LogP contribution in [0.15, 0.2) is 30.6 Å². The number of para-hydroxylation sites is 1. The Labute approximate surface area is 234 Å². The van der Waals surface area contributed by atoms with Gasteiger partial charge in [-0.25, -0.2) is 4.98 Å². The van der Waals surface area contributed by atoms with Crippen LogP contribution in [0.3, 0.4) is 0 Å². The lowest BCUT2D eigenvalue weighted by atomic mass is 9.76. The van der Waals surface area contributed by atoms with Gasteiger partial charge in [0.15, 0.2) is 31.6 Å². The molecule has 14 nitrogen and oxygen atoms in total. The standard InChI is InChI=1S/C23H28ClN5O9P2/c24-22-26-19(28-10-23(5-7-36-8-6-23)13-3-1-2-4-14(13)28)16-20(27-22)29(11-25-16)21-18(31)17(30)15(38-21)9-37-39(32)12-40(33,34)35/h1-4,11,15,17-18,21,30-32H,5-10,12H2,(H2,33,34,35). The monoisotopic (exact) mass is 615 g/mol. The fourth-order valence-corrected chi connectivity index (χ4v) is 7.78. The number of fused-ring (bicyclic) bond motifs is 3. The predicted molar refractivity (Wildman–Crippen MR) is 143 cm³/mol. The van der Waals surface area contributed by atoms with E-state index in [1.54, 1.807) is 0 Å². The van der Waals surface area contributed by atoms with Crippen molar-refractivity contribution >= 4 is 50.2 Å². The number of aliphatic hydroxyl groups excluding tert-OH is 2. The molecule has 5 N–H and O–H groups in total. The van der Waals surface area contributed by atoms with Gasteiger partial charge in [0, 0.05) is 30.9 Å². The molecule has 6 rings (SSSR count). The zero-order valence-corrected chi connectivity index (χ0v) is 23.6. The van der Waals surface area contributed by atoms with Crippen LogP contribution in [0.5, 0.6) is 0 Å². The summed E-state index contributed by atoms with van der Waals surface area (Å²) < 4.78 is 29.1. The third-order valence-electron chi connectivity index (χ3n) is 7.61. The van der Waals surface area contributed by atoms with Gasteiger partial charge in [-0.3, -0.25) is 9.13 Å². The number of ether oxygens (including phenoxy) is 2. The van der Waals surface area contributed by atoms with E-state index in [1.165, 1.54) is 16.5 Å². The zero-order chi connectivity index (χ0) is 28.2. The Bertz CT molecular complexity index is 1450. The third kappa shape index (κ3) is 5.16. The molecule has 5 heterocycles. The van der Waals surface area contributed by atoms with Crippen molar-refractivity contribution in [3.63, 3.8) is 0 Å². The maximum atomic E-state index is 11.1. The molecular weight excluding hydrogens is 588 g/mol. The summed E-state index contributed by atoms with van der Waals surface area (Å²) in [6.45, 7) is 1.59. The minimum atomic E-state index is -4.49. The van der Waals surface area contributed by atoms with Gasteiger partial charge in [-0.15, -0.1) is 0 Å². The highest BCUT2D eigenvalue weighted by Gasteiger charge is 2.47. The molecule has 2 fully saturated rings. The highest BCUT2D eigenvalue weighted by atomic mass is 35.5. The average molecular weight is 616 g/mol. The van der Waals surface area contributed by atoms with Gasteiger partial charge in [0.05, 0.1) is 12.9 Å². The Morgan fingerprint density at radius 1 is 1.18 bits per heavy atom. The van der Waals surface area contributed by atoms with Crippen LogP contribution in [0.25, 0.3) is 11.2 Å². The number of aliphatic hydroxyl groups is 2. The van der Waals surface area contributed by atoms with Crippen molar-refractivity contribution in [1.29, 1.82) is 0 Å². The van der Waals surface area contributed by atoms with Crippen LogP contribution < -0.4 is 4.90 Å². The van der Waals surface area contributed by atoms with E-state index in [1.807, 2.05) is 18.2 Å². The number of hydrogen-bond donors (Lipinski definition) is 5. The number of imidazole rings is 1. The van der Waals surface area contributed by atoms with Crippen molar-refractivity contribution in [3.8, 4) is 0 Å². The fourth-order valence-electron chi connectivity index (χ4n) is 5.71. The Balaban J connectivity index is 1.29. The molecule has 0 bridgehead atoms. The molecule has 0 aliphatic carbocycles. The summed E-state index contributed by atoms with van der Waals surface area (Å²) >= 11 is 6.40. The molecule has 216 valence electrons. The van der Waals surface area contributed by atoms with Gasteiger partial charge in [-0.1, -0.05) is 18.2 Å². The normalized spacial score (nSPS) is 27.0. The Morgan fingerprint density at radius 2 is 1.93 bits per heavy atom. The largest absolute Gasteiger partial charge is 0.387 e. The summed E-state index contributed by atoms with van der Waals surface area (Å²) in [5, 5.41) is 21.3. The second kappa shape index (κ2) is 10.8. The van der Waals surface area contributed by atoms with Crippen molar-refractivity contribution < 1.29 is 43.5 Å². The smallest absolute Gasteiger partial charge is 0.334 e. The summed E-state index contributed by atoms with van der Waals surface area (Å²) in [6, 6.07) is 8.15. The Morgan fingerprint density at radius 3 is 2.67 bits per heavy atom. The number of hydrogen-bond acceptors (Lipinski definition) is 11. The highest BCUT2D eigenvalue weighted by Crippen LogP contribution is 2.51. The van der Waals surface area contributed by atoms with Gasteiger partial charge in [-0.2, -0.15) is 9.97 Å². The summed E-state index contributed by atoms with van der Waals surface area (Å²) in [5.41, 5.74) is 2.81. The minimum Gasteiger partial charge on any atom is -0.387 e. The van der Waals surface area contributed by atoms with Crippen LogP contribution in [-0.4, -0.2) is 95.0 Å². The van der Waals surface area contributed by atoms with Gasteiger partial charge in [0.2, 0.25) is 5.28 Å². The third-order valence-corrected chi connectivity index (χ3v) is 10.7. The first-order valence-electron chi connectivity index (χ1n) is 12.6. The summed E-state index contributed by atoms with van der Waals surface area (Å²) in [4.78, 5) is 43.3. The molecular formula is C23H28ClN5O9P2. The number of benzene rings is 1. The molecule has 3 aromatic rings. The number of rotatable bonds is 7. The van der Waals surface area contributed by atoms with Crippen LogP contribution in [0.1, 0.15) is 24.6 Å². The SMILES string of the molecule is O=P(O)(O)CP(O)OCC1OC(n2cnc3c(N4CC5(CCOCC5)c5ccccc54)nc(Cl)nc32)C(O)C1O. The molecule has 1 aromatic carbocycles. The lowest BCUT2D eigenvalue weighted by Gasteiger charge is -2.34. The molecule has 3 aliphatic heterocycles. The number of aromatic nitrogens is 4. The first-order chi connectivity index (χ1) is 19.1. The van der Waals surface area contributed by atoms with Crippen LogP contribution >= 0.6 is 27.6 Å². The minimum absolute atomic E-state index is 0.0362. The van der Waals surface area contributed by atoms with Gasteiger partial charge in [0.1, 0.15) is 24.2 Å². The quantitative estimate of drug-likeness (QED) is 0.191. The molecule has 5 atom stereocenters. The number of halogens is 1. The molecule has 0 amide bonds. The fraction of sp³-hybridized carbons (Fsp3) is 0.522. The van der Waals surface area contributed by atoms with E-state index in [9.17, 15) is 19.7 Å². The average Bonchev–Trinajstić information content (AvgIpc) is 3.55. The molecule has 0 radical (unpaired) electrons. The van der Waals surface area contributed by atoms with E-state index < -0.39 is 53.0 Å². The molecule has 0 saturated carbocycles. The predicted octanol–water partition coefficient (Wildman–Crippen LogP) is 1.75. The zero-order valence-electron chi connectivity index (χ0n) is 21.0. The summed E-state index contributed by atoms with van der Waals surface area (Å²) in [7, 11) is -6.94. The molecule has 5 unspecified atom stereocenters. The second-order valence-corrected chi connectivity index (χ2v) is 13.9. The van der Waals surface area contributed by atoms with Gasteiger partial charge >= 0.3 is 7.60 Å². The van der Waals surface area contributed by atoms with Crippen molar-refractivity contribution in [2.24, 2.45) is 0 Å². The lowest BCUT2D eigenvalue weighted by molar-refractivity contribution is -0.0472. The van der Waals surface area contributed by atoms with Crippen molar-refractivity contribution in [2.75, 3.05) is 37.2 Å². The lowest BCUT2D eigenvalue weighted by Crippen LogP contribution is -2.37. The van der Waals surface area contributed by atoms with E-state index in [2.05, 4.69) is 25.9 Å². The molecule has 17 heteroatoms. The maximum Gasteiger partial charge on any atom is 0.334 e. The van der Waals surface area contributed by atoms with E-state index in [4.69, 9.17) is 35.4 Å². The van der Waals surface area contributed by atoms with E-state index >= 15 is 0 Å². The molecule has 1 spiro atoms. The van der Waals surface area contributed by atoms with Crippen molar-refractivity contribution in [2.45, 2.75) is 42.8 Å². The Kier molecular flexibility index (Phi) is 7.64. The van der Waals surface area contributed by atoms with E-state index in [0.29, 0.717) is 31.1 Å². The first kappa shape index (κ1) is 28.3. The maximum absolute atomic E-state index is 11.1. The number of nitrogens with zero attached hydrogens (tertiary/aromatic N) is 5. The molecule has 3 aliphatic rings.